The van der Waals surface area contributed by atoms with Crippen LogP contribution in [0.1, 0.15) is 22.1 Å². The van der Waals surface area contributed by atoms with Gasteiger partial charge in [-0.25, -0.2) is 4.39 Å². The maximum atomic E-state index is 13.2. The van der Waals surface area contributed by atoms with E-state index >= 15 is 0 Å². The van der Waals surface area contributed by atoms with Gasteiger partial charge in [0, 0.05) is 31.7 Å². The molecule has 2 N–H and O–H groups in total. The molecule has 2 aromatic rings. The first kappa shape index (κ1) is 18.3. The molecule has 1 aromatic heterocycles. The van der Waals surface area contributed by atoms with Crippen molar-refractivity contribution in [3.8, 4) is 0 Å². The lowest BCUT2D eigenvalue weighted by Gasteiger charge is -2.34. The molecule has 1 aliphatic rings. The molecule has 0 saturated carbocycles. The highest BCUT2D eigenvalue weighted by Gasteiger charge is 2.23. The molecule has 0 bridgehead atoms. The van der Waals surface area contributed by atoms with E-state index in [0.29, 0.717) is 50.0 Å². The number of halogens is 2. The van der Waals surface area contributed by atoms with Crippen LogP contribution in [0, 0.1) is 5.82 Å². The first-order valence-electron chi connectivity index (χ1n) is 7.44. The SMILES string of the molecule is Cl.NCc1nc(CN2CCN(C(=O)c3cccc(F)c3)CC2)no1. The predicted octanol–water partition coefficient (Wildman–Crippen LogP) is 1.05. The molecule has 7 nitrogen and oxygen atoms in total. The average molecular weight is 356 g/mol. The molecule has 0 unspecified atom stereocenters. The van der Waals surface area contributed by atoms with Gasteiger partial charge in [0.05, 0.1) is 13.1 Å². The topological polar surface area (TPSA) is 88.5 Å². The smallest absolute Gasteiger partial charge is 0.254 e. The Kier molecular flexibility index (Phi) is 6.24. The molecule has 9 heteroatoms. The quantitative estimate of drug-likeness (QED) is 0.881. The van der Waals surface area contributed by atoms with Crippen molar-refractivity contribution in [3.05, 3.63) is 47.4 Å². The Balaban J connectivity index is 0.00000208. The number of amides is 1. The zero-order valence-corrected chi connectivity index (χ0v) is 13.8. The summed E-state index contributed by atoms with van der Waals surface area (Å²) in [5.41, 5.74) is 5.81. The van der Waals surface area contributed by atoms with Crippen LogP contribution in [-0.2, 0) is 13.1 Å². The van der Waals surface area contributed by atoms with Gasteiger partial charge < -0.3 is 15.2 Å². The highest BCUT2D eigenvalue weighted by molar-refractivity contribution is 5.94. The van der Waals surface area contributed by atoms with Crippen LogP contribution in [0.3, 0.4) is 0 Å². The van der Waals surface area contributed by atoms with Gasteiger partial charge in [-0.3, -0.25) is 9.69 Å². The van der Waals surface area contributed by atoms with E-state index < -0.39 is 5.82 Å². The molecular weight excluding hydrogens is 337 g/mol. The van der Waals surface area contributed by atoms with Gasteiger partial charge in [-0.2, -0.15) is 4.98 Å². The summed E-state index contributed by atoms with van der Waals surface area (Å²) < 4.78 is 18.2. The molecule has 3 rings (SSSR count). The summed E-state index contributed by atoms with van der Waals surface area (Å²) in [6.07, 6.45) is 0. The highest BCUT2D eigenvalue weighted by Crippen LogP contribution is 2.12. The number of benzene rings is 1. The first-order valence-corrected chi connectivity index (χ1v) is 7.44. The van der Waals surface area contributed by atoms with Crippen molar-refractivity contribution in [1.29, 1.82) is 0 Å². The standard InChI is InChI=1S/C15H18FN5O2.ClH/c16-12-3-1-2-11(8-12)15(22)21-6-4-20(5-7-21)10-13-18-14(9-17)23-19-13;/h1-3,8H,4-7,9-10,17H2;1H. The Morgan fingerprint density at radius 1 is 1.29 bits per heavy atom. The lowest BCUT2D eigenvalue weighted by atomic mass is 10.1. The van der Waals surface area contributed by atoms with Crippen LogP contribution in [0.2, 0.25) is 0 Å². The van der Waals surface area contributed by atoms with Crippen molar-refractivity contribution in [1.82, 2.24) is 19.9 Å². The van der Waals surface area contributed by atoms with Crippen molar-refractivity contribution >= 4 is 18.3 Å². The largest absolute Gasteiger partial charge is 0.338 e. The second kappa shape index (κ2) is 8.18. The molecule has 2 heterocycles. The normalized spacial score (nSPS) is 15.2. The summed E-state index contributed by atoms with van der Waals surface area (Å²) in [6.45, 7) is 3.35. The summed E-state index contributed by atoms with van der Waals surface area (Å²) in [5, 5.41) is 3.86. The molecule has 24 heavy (non-hydrogen) atoms. The van der Waals surface area contributed by atoms with Crippen LogP contribution >= 0.6 is 12.4 Å². The third kappa shape index (κ3) is 4.28. The van der Waals surface area contributed by atoms with Crippen LogP contribution in [0.25, 0.3) is 0 Å². The molecule has 1 saturated heterocycles. The fourth-order valence-electron chi connectivity index (χ4n) is 2.55. The minimum Gasteiger partial charge on any atom is -0.338 e. The van der Waals surface area contributed by atoms with Crippen molar-refractivity contribution in [2.24, 2.45) is 5.73 Å². The fraction of sp³-hybridized carbons (Fsp3) is 0.400. The maximum absolute atomic E-state index is 13.2. The molecular formula is C15H19ClFN5O2. The number of nitrogens with zero attached hydrogens (tertiary/aromatic N) is 4. The second-order valence-corrected chi connectivity index (χ2v) is 5.39. The number of carbonyl (C=O) groups is 1. The van der Waals surface area contributed by atoms with Gasteiger partial charge in [-0.1, -0.05) is 11.2 Å². The highest BCUT2D eigenvalue weighted by atomic mass is 35.5. The second-order valence-electron chi connectivity index (χ2n) is 5.39. The third-order valence-corrected chi connectivity index (χ3v) is 3.78. The van der Waals surface area contributed by atoms with E-state index in [0.717, 1.165) is 0 Å². The van der Waals surface area contributed by atoms with Gasteiger partial charge in [0.2, 0.25) is 5.89 Å². The molecule has 130 valence electrons. The van der Waals surface area contributed by atoms with Crippen LogP contribution in [-0.4, -0.2) is 52.0 Å². The molecule has 1 aliphatic heterocycles. The van der Waals surface area contributed by atoms with Gasteiger partial charge in [-0.05, 0) is 18.2 Å². The molecule has 0 aliphatic carbocycles. The lowest BCUT2D eigenvalue weighted by Crippen LogP contribution is -2.48. The summed E-state index contributed by atoms with van der Waals surface area (Å²) in [5.74, 6) is 0.465. The molecule has 0 spiro atoms. The predicted molar refractivity (Wildman–Crippen MR) is 87.0 cm³/mol. The van der Waals surface area contributed by atoms with E-state index in [-0.39, 0.29) is 24.9 Å². The van der Waals surface area contributed by atoms with Gasteiger partial charge in [0.15, 0.2) is 5.82 Å². The molecule has 0 atom stereocenters. The van der Waals surface area contributed by atoms with Gasteiger partial charge >= 0.3 is 0 Å². The number of piperazine rings is 1. The van der Waals surface area contributed by atoms with E-state index in [1.807, 2.05) is 0 Å². The Hall–Kier alpha value is -2.03. The molecule has 1 aromatic carbocycles. The van der Waals surface area contributed by atoms with E-state index in [1.54, 1.807) is 17.0 Å². The number of hydrogen-bond donors (Lipinski definition) is 1. The third-order valence-electron chi connectivity index (χ3n) is 3.78. The monoisotopic (exact) mass is 355 g/mol. The maximum Gasteiger partial charge on any atom is 0.254 e. The number of hydrogen-bond acceptors (Lipinski definition) is 6. The van der Waals surface area contributed by atoms with Crippen LogP contribution < -0.4 is 5.73 Å². The van der Waals surface area contributed by atoms with E-state index in [1.165, 1.54) is 12.1 Å². The zero-order valence-electron chi connectivity index (χ0n) is 13.0. The van der Waals surface area contributed by atoms with E-state index in [9.17, 15) is 9.18 Å². The number of nitrogens with two attached hydrogens (primary N) is 1. The molecule has 1 fully saturated rings. The van der Waals surface area contributed by atoms with E-state index in [4.69, 9.17) is 10.3 Å². The summed E-state index contributed by atoms with van der Waals surface area (Å²) >= 11 is 0. The first-order chi connectivity index (χ1) is 11.2. The van der Waals surface area contributed by atoms with E-state index in [2.05, 4.69) is 15.0 Å². The van der Waals surface area contributed by atoms with Crippen molar-refractivity contribution in [3.63, 3.8) is 0 Å². The summed E-state index contributed by atoms with van der Waals surface area (Å²) in [7, 11) is 0. The Morgan fingerprint density at radius 3 is 2.67 bits per heavy atom. The number of aromatic nitrogens is 2. The zero-order chi connectivity index (χ0) is 16.2. The molecule has 0 radical (unpaired) electrons. The average Bonchev–Trinajstić information content (AvgIpc) is 3.02. The van der Waals surface area contributed by atoms with Gasteiger partial charge in [0.1, 0.15) is 5.82 Å². The summed E-state index contributed by atoms with van der Waals surface area (Å²) in [4.78, 5) is 20.4. The van der Waals surface area contributed by atoms with Gasteiger partial charge in [0.25, 0.3) is 5.91 Å². The minimum absolute atomic E-state index is 0. The lowest BCUT2D eigenvalue weighted by molar-refractivity contribution is 0.0624. The van der Waals surface area contributed by atoms with Crippen LogP contribution in [0.15, 0.2) is 28.8 Å². The van der Waals surface area contributed by atoms with Crippen molar-refractivity contribution in [2.75, 3.05) is 26.2 Å². The minimum atomic E-state index is -0.401. The fourth-order valence-corrected chi connectivity index (χ4v) is 2.55. The Bertz CT molecular complexity index is 688. The number of carbonyl (C=O) groups excluding carboxylic acids is 1. The van der Waals surface area contributed by atoms with Gasteiger partial charge in [-0.15, -0.1) is 12.4 Å². The summed E-state index contributed by atoms with van der Waals surface area (Å²) in [6, 6.07) is 5.77. The Labute approximate surface area is 145 Å². The van der Waals surface area contributed by atoms with Crippen LogP contribution in [0.5, 0.6) is 0 Å². The molecule has 1 amide bonds. The Morgan fingerprint density at radius 2 is 2.04 bits per heavy atom. The van der Waals surface area contributed by atoms with Crippen LogP contribution in [0.4, 0.5) is 4.39 Å². The van der Waals surface area contributed by atoms with Crippen molar-refractivity contribution < 1.29 is 13.7 Å². The number of rotatable bonds is 4. The van der Waals surface area contributed by atoms with Crippen molar-refractivity contribution in [2.45, 2.75) is 13.1 Å².